The normalized spacial score (nSPS) is 24.9. The van der Waals surface area contributed by atoms with Gasteiger partial charge in [0.2, 0.25) is 5.91 Å². The van der Waals surface area contributed by atoms with Gasteiger partial charge in [0.25, 0.3) is 0 Å². The van der Waals surface area contributed by atoms with E-state index in [1.807, 2.05) is 0 Å². The maximum Gasteiger partial charge on any atom is 0.217 e. The first-order chi connectivity index (χ1) is 11.6. The Morgan fingerprint density at radius 3 is 2.83 bits per heavy atom. The minimum Gasteiger partial charge on any atom is -0.346 e. The highest BCUT2D eigenvalue weighted by Gasteiger charge is 2.39. The molecule has 0 saturated carbocycles. The zero-order chi connectivity index (χ0) is 17.0. The maximum atomic E-state index is 11.9. The van der Waals surface area contributed by atoms with Crippen LogP contribution in [0.3, 0.4) is 0 Å². The van der Waals surface area contributed by atoms with Gasteiger partial charge in [-0.1, -0.05) is 52.3 Å². The predicted molar refractivity (Wildman–Crippen MR) is 102 cm³/mol. The summed E-state index contributed by atoms with van der Waals surface area (Å²) < 4.78 is 1.23. The Morgan fingerprint density at radius 2 is 2.12 bits per heavy atom. The summed E-state index contributed by atoms with van der Waals surface area (Å²) in [7, 11) is 0. The molecule has 2 aliphatic rings. The van der Waals surface area contributed by atoms with E-state index in [1.165, 1.54) is 15.6 Å². The Balaban J connectivity index is 1.82. The molecule has 3 nitrogen and oxygen atoms in total. The van der Waals surface area contributed by atoms with E-state index in [-0.39, 0.29) is 11.4 Å². The van der Waals surface area contributed by atoms with Crippen molar-refractivity contribution in [3.8, 4) is 0 Å². The number of rotatable bonds is 4. The molecule has 4 heteroatoms. The molecule has 1 fully saturated rings. The van der Waals surface area contributed by atoms with Crippen LogP contribution in [0.25, 0.3) is 0 Å². The van der Waals surface area contributed by atoms with Crippen molar-refractivity contribution in [1.29, 1.82) is 0 Å². The van der Waals surface area contributed by atoms with E-state index < -0.39 is 0 Å². The van der Waals surface area contributed by atoms with Crippen molar-refractivity contribution in [2.45, 2.75) is 44.7 Å². The summed E-state index contributed by atoms with van der Waals surface area (Å²) in [5.74, 6) is 0.0487. The highest BCUT2D eigenvalue weighted by Crippen LogP contribution is 2.35. The van der Waals surface area contributed by atoms with Gasteiger partial charge in [-0.15, -0.1) is 0 Å². The van der Waals surface area contributed by atoms with Crippen molar-refractivity contribution in [3.63, 3.8) is 0 Å². The number of allylic oxidation sites excluding steroid dienone is 2. The summed E-state index contributed by atoms with van der Waals surface area (Å²) in [5, 5.41) is 3.29. The van der Waals surface area contributed by atoms with Crippen LogP contribution in [0, 0.1) is 0 Å². The monoisotopic (exact) mass is 388 g/mol. The van der Waals surface area contributed by atoms with E-state index in [0.29, 0.717) is 0 Å². The number of nitrogens with one attached hydrogen (secondary N) is 1. The number of carbonyl (C=O) groups excluding carboxylic acids is 1. The van der Waals surface area contributed by atoms with Crippen LogP contribution in [0.4, 0.5) is 0 Å². The number of nitrogens with zero attached hydrogens (tertiary/aromatic N) is 1. The molecule has 0 radical (unpaired) electrons. The fourth-order valence-electron chi connectivity index (χ4n) is 3.87. The third kappa shape index (κ3) is 4.17. The maximum absolute atomic E-state index is 11.9. The standard InChI is InChI=1S/C20H25BrN2O/c1-16(24)22-20(18-9-5-10-19(21)13-18)11-6-12-23(15-20)14-17-7-3-2-4-8-17/h2-4,7-9,13H,5-6,10-12,14-15H2,1H3,(H,22,24). The van der Waals surface area contributed by atoms with Crippen molar-refractivity contribution < 1.29 is 4.79 Å². The molecular weight excluding hydrogens is 364 g/mol. The number of hydrogen-bond acceptors (Lipinski definition) is 2. The van der Waals surface area contributed by atoms with Crippen LogP contribution in [0.5, 0.6) is 0 Å². The van der Waals surface area contributed by atoms with E-state index in [1.54, 1.807) is 6.92 Å². The van der Waals surface area contributed by atoms with Crippen LogP contribution in [-0.2, 0) is 11.3 Å². The Hall–Kier alpha value is -1.39. The number of halogens is 1. The Bertz CT molecular complexity index is 653. The van der Waals surface area contributed by atoms with Crippen LogP contribution in [0.2, 0.25) is 0 Å². The predicted octanol–water partition coefficient (Wildman–Crippen LogP) is 4.16. The van der Waals surface area contributed by atoms with E-state index in [4.69, 9.17) is 0 Å². The summed E-state index contributed by atoms with van der Waals surface area (Å²) >= 11 is 3.65. The average Bonchev–Trinajstić information content (AvgIpc) is 2.55. The van der Waals surface area contributed by atoms with Crippen LogP contribution in [0.1, 0.15) is 38.2 Å². The third-order valence-electron chi connectivity index (χ3n) is 4.85. The molecule has 1 aromatic rings. The molecule has 0 bridgehead atoms. The molecule has 1 aliphatic carbocycles. The minimum atomic E-state index is -0.266. The van der Waals surface area contributed by atoms with Crippen LogP contribution in [-0.4, -0.2) is 29.4 Å². The zero-order valence-corrected chi connectivity index (χ0v) is 15.8. The van der Waals surface area contributed by atoms with Crippen molar-refractivity contribution in [2.24, 2.45) is 0 Å². The molecule has 1 amide bonds. The number of carbonyl (C=O) groups is 1. The van der Waals surface area contributed by atoms with Gasteiger partial charge in [0, 0.05) is 20.0 Å². The summed E-state index contributed by atoms with van der Waals surface area (Å²) in [4.78, 5) is 14.4. The van der Waals surface area contributed by atoms with Gasteiger partial charge in [-0.3, -0.25) is 9.69 Å². The lowest BCUT2D eigenvalue weighted by Crippen LogP contribution is -2.59. The van der Waals surface area contributed by atoms with E-state index >= 15 is 0 Å². The second-order valence-electron chi connectivity index (χ2n) is 6.85. The molecule has 1 heterocycles. The first-order valence-electron chi connectivity index (χ1n) is 8.69. The largest absolute Gasteiger partial charge is 0.346 e. The van der Waals surface area contributed by atoms with Gasteiger partial charge in [0.1, 0.15) is 0 Å². The minimum absolute atomic E-state index is 0.0487. The summed E-state index contributed by atoms with van der Waals surface area (Å²) in [6.07, 6.45) is 8.69. The molecule has 1 N–H and O–H groups in total. The number of likely N-dealkylation sites (tertiary alicyclic amines) is 1. The Morgan fingerprint density at radius 1 is 1.33 bits per heavy atom. The van der Waals surface area contributed by atoms with Crippen LogP contribution < -0.4 is 5.32 Å². The van der Waals surface area contributed by atoms with Gasteiger partial charge in [0.05, 0.1) is 5.54 Å². The van der Waals surface area contributed by atoms with Gasteiger partial charge in [-0.2, -0.15) is 0 Å². The Kier molecular flexibility index (Phi) is 5.57. The second kappa shape index (κ2) is 7.66. The lowest BCUT2D eigenvalue weighted by molar-refractivity contribution is -0.121. The molecule has 3 rings (SSSR count). The van der Waals surface area contributed by atoms with Gasteiger partial charge < -0.3 is 5.32 Å². The van der Waals surface area contributed by atoms with Crippen molar-refractivity contribution in [1.82, 2.24) is 10.2 Å². The zero-order valence-electron chi connectivity index (χ0n) is 14.2. The molecular formula is C20H25BrN2O. The number of piperidine rings is 1. The van der Waals surface area contributed by atoms with E-state index in [9.17, 15) is 4.79 Å². The fourth-order valence-corrected chi connectivity index (χ4v) is 4.34. The summed E-state index contributed by atoms with van der Waals surface area (Å²) in [5.41, 5.74) is 2.32. The van der Waals surface area contributed by atoms with Gasteiger partial charge in [-0.25, -0.2) is 0 Å². The average molecular weight is 389 g/mol. The lowest BCUT2D eigenvalue weighted by Gasteiger charge is -2.45. The molecule has 0 aromatic heterocycles. The fraction of sp³-hybridized carbons (Fsp3) is 0.450. The van der Waals surface area contributed by atoms with Crippen LogP contribution >= 0.6 is 15.9 Å². The highest BCUT2D eigenvalue weighted by molar-refractivity contribution is 9.11. The van der Waals surface area contributed by atoms with E-state index in [0.717, 1.165) is 45.3 Å². The highest BCUT2D eigenvalue weighted by atomic mass is 79.9. The molecule has 1 saturated heterocycles. The summed E-state index contributed by atoms with van der Waals surface area (Å²) in [6, 6.07) is 10.6. The first-order valence-corrected chi connectivity index (χ1v) is 9.48. The SMILES string of the molecule is CC(=O)NC1(C2=CCCC(Br)=C2)CCCN(Cc2ccccc2)C1. The van der Waals surface area contributed by atoms with Crippen molar-refractivity contribution in [2.75, 3.05) is 13.1 Å². The van der Waals surface area contributed by atoms with Gasteiger partial charge >= 0.3 is 0 Å². The Labute approximate surface area is 152 Å². The first kappa shape index (κ1) is 17.4. The topological polar surface area (TPSA) is 32.3 Å². The molecule has 128 valence electrons. The number of amides is 1. The van der Waals surface area contributed by atoms with Gasteiger partial charge in [-0.05, 0) is 53.9 Å². The van der Waals surface area contributed by atoms with Crippen molar-refractivity contribution >= 4 is 21.8 Å². The van der Waals surface area contributed by atoms with Crippen molar-refractivity contribution in [3.05, 3.63) is 58.1 Å². The molecule has 1 unspecified atom stereocenters. The van der Waals surface area contributed by atoms with Gasteiger partial charge in [0.15, 0.2) is 0 Å². The number of hydrogen-bond donors (Lipinski definition) is 1. The molecule has 1 atom stereocenters. The molecule has 24 heavy (non-hydrogen) atoms. The quantitative estimate of drug-likeness (QED) is 0.839. The van der Waals surface area contributed by atoms with Crippen LogP contribution in [0.15, 0.2) is 52.5 Å². The third-order valence-corrected chi connectivity index (χ3v) is 5.47. The molecule has 1 aromatic carbocycles. The molecule has 0 spiro atoms. The smallest absolute Gasteiger partial charge is 0.217 e. The second-order valence-corrected chi connectivity index (χ2v) is 7.87. The summed E-state index contributed by atoms with van der Waals surface area (Å²) in [6.45, 7) is 4.50. The van der Waals surface area contributed by atoms with E-state index in [2.05, 4.69) is 68.6 Å². The lowest BCUT2D eigenvalue weighted by atomic mass is 9.79. The number of benzene rings is 1. The molecule has 1 aliphatic heterocycles.